The summed E-state index contributed by atoms with van der Waals surface area (Å²) in [6.07, 6.45) is -1.85. The highest BCUT2D eigenvalue weighted by Gasteiger charge is 2.42. The first-order chi connectivity index (χ1) is 45.8. The van der Waals surface area contributed by atoms with E-state index >= 15 is 0 Å². The van der Waals surface area contributed by atoms with Crippen LogP contribution in [0.4, 0.5) is 0 Å². The molecular weight excluding hydrogens is 1260 g/mol. The highest BCUT2D eigenvalue weighted by atomic mass is 16.4. The number of guanidine groups is 1. The number of aliphatic imine (C=N–C) groups is 1. The molecule has 10 atom stereocenters. The summed E-state index contributed by atoms with van der Waals surface area (Å²) >= 11 is 0. The monoisotopic (exact) mass is 1350 g/mol. The lowest BCUT2D eigenvalue weighted by molar-refractivity contribution is -0.143. The normalized spacial score (nSPS) is 15.5. The number of nitrogens with two attached hydrogens (primary N) is 5. The summed E-state index contributed by atoms with van der Waals surface area (Å²) in [4.78, 5) is 186. The number of likely N-dealkylation sites (tertiary alicyclic amines) is 1. The number of fused-ring (bicyclic) bond motifs is 1. The van der Waals surface area contributed by atoms with Crippen LogP contribution in [0.5, 0.6) is 11.5 Å². The molecule has 0 bridgehead atoms. The minimum Gasteiger partial charge on any atom is -0.508 e. The third kappa shape index (κ3) is 24.8. The molecule has 1 aliphatic rings. The van der Waals surface area contributed by atoms with Gasteiger partial charge in [0.2, 0.25) is 65.0 Å². The molecule has 97 heavy (non-hydrogen) atoms. The summed E-state index contributed by atoms with van der Waals surface area (Å²) in [6, 6.07) is 1.98. The van der Waals surface area contributed by atoms with Gasteiger partial charge in [-0.3, -0.25) is 62.5 Å². The number of phenols is 2. The van der Waals surface area contributed by atoms with Gasteiger partial charge in [0.15, 0.2) is 5.96 Å². The molecule has 0 unspecified atom stereocenters. The maximum Gasteiger partial charge on any atom is 0.326 e. The molecule has 0 aliphatic carbocycles. The van der Waals surface area contributed by atoms with Gasteiger partial charge >= 0.3 is 11.9 Å². The fraction of sp³-hybridized carbons (Fsp3) is 0.469. The summed E-state index contributed by atoms with van der Waals surface area (Å²) in [6.45, 7) is 6.95. The van der Waals surface area contributed by atoms with E-state index in [0.29, 0.717) is 22.0 Å². The van der Waals surface area contributed by atoms with Crippen LogP contribution in [0.3, 0.4) is 0 Å². The zero-order chi connectivity index (χ0) is 71.8. The number of H-pyrrole nitrogens is 1. The minimum atomic E-state index is -1.94. The van der Waals surface area contributed by atoms with Crippen molar-refractivity contribution in [3.8, 4) is 11.5 Å². The zero-order valence-electron chi connectivity index (χ0n) is 54.2. The number of carbonyl (C=O) groups excluding carboxylic acids is 11. The molecule has 0 saturated carbocycles. The van der Waals surface area contributed by atoms with Crippen LogP contribution in [0.1, 0.15) is 102 Å². The van der Waals surface area contributed by atoms with Crippen LogP contribution in [0.2, 0.25) is 0 Å². The standard InChI is InChI=1S/C64H88N16O17/c1-32(2)23-40(65)54(87)73-47(30-53(85)86)60(93)75-45(27-36-31-71-41-10-6-5-9-39(36)41)58(91)76-46(28-51(66)83)59(92)74-44(25-34-13-17-37(81)18-14-34)57(90)78-48(29-52(67)84)62(95)80-22-8-12-50(80)61(94)77-43(24-33(3)4)56(89)72-42(11-7-21-70-64(68)69)55(88)79-49(63(96)97)26-35-15-19-38(82)20-16-35/h5-6,9-10,13-20,31-33,40,42-50,71,81-82H,7-8,11-12,21-30,65H2,1-4H3,(H2,66,83)(H2,67,84)(H,72,89)(H,73,87)(H,74,92)(H,75,93)(H,76,91)(H,77,94)(H,78,90)(H,79,88)(H,85,86)(H,96,97)(H4,68,69,70)/t40-,42-,43-,44-,45-,46-,47-,48-,49-,50-/m0/s1. The topological polar surface area (TPSA) is 561 Å². The van der Waals surface area contributed by atoms with Gasteiger partial charge in [-0.1, -0.05) is 70.2 Å². The van der Waals surface area contributed by atoms with Gasteiger partial charge in [0.1, 0.15) is 65.9 Å². The number of aliphatic carboxylic acids is 2. The highest BCUT2D eigenvalue weighted by molar-refractivity contribution is 6.01. The molecule has 2 heterocycles. The lowest BCUT2D eigenvalue weighted by atomic mass is 10.0. The van der Waals surface area contributed by atoms with Gasteiger partial charge in [-0.25, -0.2) is 4.79 Å². The Balaban J connectivity index is 1.40. The summed E-state index contributed by atoms with van der Waals surface area (Å²) in [7, 11) is 0. The van der Waals surface area contributed by atoms with E-state index in [-0.39, 0.29) is 99.3 Å². The fourth-order valence-electron chi connectivity index (χ4n) is 10.8. The molecular formula is C64H88N16O17. The number of benzene rings is 3. The Morgan fingerprint density at radius 1 is 0.546 bits per heavy atom. The summed E-state index contributed by atoms with van der Waals surface area (Å²) < 4.78 is 0. The van der Waals surface area contributed by atoms with Gasteiger partial charge in [-0.05, 0) is 97.4 Å². The first kappa shape index (κ1) is 76.8. The number of aromatic amines is 1. The average molecular weight is 1350 g/mol. The fourth-order valence-corrected chi connectivity index (χ4v) is 10.8. The highest BCUT2D eigenvalue weighted by Crippen LogP contribution is 2.23. The maximum atomic E-state index is 14.7. The van der Waals surface area contributed by atoms with Crippen molar-refractivity contribution < 1.29 is 82.8 Å². The number of hydrogen-bond acceptors (Lipinski definition) is 17. The second-order valence-corrected chi connectivity index (χ2v) is 24.6. The van der Waals surface area contributed by atoms with E-state index in [1.54, 1.807) is 52.0 Å². The van der Waals surface area contributed by atoms with Crippen LogP contribution in [-0.2, 0) is 81.6 Å². The predicted octanol–water partition coefficient (Wildman–Crippen LogP) is -2.74. The van der Waals surface area contributed by atoms with Crippen molar-refractivity contribution in [1.82, 2.24) is 52.4 Å². The molecule has 0 spiro atoms. The summed E-state index contributed by atoms with van der Waals surface area (Å²) in [5, 5.41) is 60.2. The largest absolute Gasteiger partial charge is 0.508 e. The number of nitrogens with zero attached hydrogens (tertiary/aromatic N) is 2. The third-order valence-corrected chi connectivity index (χ3v) is 15.6. The van der Waals surface area contributed by atoms with Crippen LogP contribution in [0.15, 0.2) is 84.0 Å². The molecule has 33 nitrogen and oxygen atoms in total. The molecule has 526 valence electrons. The molecule has 33 heteroatoms. The van der Waals surface area contributed by atoms with Gasteiger partial charge in [0, 0.05) is 49.5 Å². The molecule has 1 saturated heterocycles. The molecule has 5 rings (SSSR count). The van der Waals surface area contributed by atoms with Crippen molar-refractivity contribution in [3.05, 3.63) is 95.7 Å². The van der Waals surface area contributed by atoms with Crippen molar-refractivity contribution in [2.45, 2.75) is 165 Å². The van der Waals surface area contributed by atoms with E-state index in [2.05, 4.69) is 52.5 Å². The Hall–Kier alpha value is -10.9. The first-order valence-electron chi connectivity index (χ1n) is 31.4. The van der Waals surface area contributed by atoms with E-state index < -0.39 is 163 Å². The molecule has 1 aliphatic heterocycles. The van der Waals surface area contributed by atoms with E-state index in [9.17, 15) is 82.8 Å². The number of nitrogens with one attached hydrogen (secondary N) is 9. The number of phenolic OH excluding ortho intramolecular Hbond substituents is 2. The van der Waals surface area contributed by atoms with E-state index in [0.717, 1.165) is 4.90 Å². The average Bonchev–Trinajstić information content (AvgIpc) is 1.74. The predicted molar refractivity (Wildman–Crippen MR) is 350 cm³/mol. The molecule has 23 N–H and O–H groups in total. The quantitative estimate of drug-likeness (QED) is 0.0123. The van der Waals surface area contributed by atoms with Crippen molar-refractivity contribution in [2.24, 2.45) is 45.5 Å². The van der Waals surface area contributed by atoms with E-state index in [4.69, 9.17) is 28.7 Å². The van der Waals surface area contributed by atoms with Crippen LogP contribution in [-0.4, -0.2) is 187 Å². The SMILES string of the molecule is CC(C)C[C@H](NC(=O)[C@@H]1CCCN1C(=O)[C@H](CC(N)=O)NC(=O)[C@H](Cc1ccc(O)cc1)NC(=O)[C@H](CC(N)=O)NC(=O)[C@H](Cc1c[nH]c2ccccc12)NC(=O)[C@H](CC(=O)O)NC(=O)[C@@H](N)CC(C)C)C(=O)N[C@@H](CCCN=C(N)N)C(=O)N[C@@H](Cc1ccc(O)cc1)C(=O)O. The third-order valence-electron chi connectivity index (χ3n) is 15.6. The Morgan fingerprint density at radius 2 is 1.01 bits per heavy atom. The van der Waals surface area contributed by atoms with Crippen LogP contribution < -0.4 is 71.2 Å². The van der Waals surface area contributed by atoms with Gasteiger partial charge in [-0.2, -0.15) is 0 Å². The second kappa shape index (κ2) is 36.7. The Bertz CT molecular complexity index is 3500. The maximum absolute atomic E-state index is 14.7. The number of aromatic hydroxyl groups is 2. The van der Waals surface area contributed by atoms with Crippen molar-refractivity contribution >= 4 is 93.8 Å². The number of primary amides is 2. The Morgan fingerprint density at radius 3 is 1.56 bits per heavy atom. The lowest BCUT2D eigenvalue weighted by Gasteiger charge is -2.31. The molecule has 1 fully saturated rings. The van der Waals surface area contributed by atoms with Gasteiger partial charge < -0.3 is 102 Å². The van der Waals surface area contributed by atoms with E-state index in [1.807, 2.05) is 0 Å². The number of amides is 11. The van der Waals surface area contributed by atoms with Crippen molar-refractivity contribution in [3.63, 3.8) is 0 Å². The lowest BCUT2D eigenvalue weighted by Crippen LogP contribution is -2.61. The minimum absolute atomic E-state index is 0.00368. The molecule has 3 aromatic carbocycles. The van der Waals surface area contributed by atoms with Gasteiger partial charge in [0.25, 0.3) is 0 Å². The summed E-state index contributed by atoms with van der Waals surface area (Å²) in [5.74, 6) is -15.2. The van der Waals surface area contributed by atoms with Gasteiger partial charge in [0.05, 0.1) is 25.3 Å². The Kier molecular flexibility index (Phi) is 29.1. The molecule has 0 radical (unpaired) electrons. The Labute approximate surface area is 558 Å². The number of rotatable bonds is 38. The number of carboxylic acids is 2. The van der Waals surface area contributed by atoms with Crippen LogP contribution >= 0.6 is 0 Å². The number of hydrogen-bond donors (Lipinski definition) is 18. The number of para-hydroxylation sites is 1. The van der Waals surface area contributed by atoms with Crippen molar-refractivity contribution in [1.29, 1.82) is 0 Å². The smallest absolute Gasteiger partial charge is 0.326 e. The molecule has 1 aromatic heterocycles. The van der Waals surface area contributed by atoms with Gasteiger partial charge in [-0.15, -0.1) is 0 Å². The van der Waals surface area contributed by atoms with Crippen LogP contribution in [0.25, 0.3) is 10.9 Å². The number of carboxylic acid groups (broad SMARTS) is 2. The number of carbonyl (C=O) groups is 13. The van der Waals surface area contributed by atoms with Crippen molar-refractivity contribution in [2.75, 3.05) is 13.1 Å². The molecule has 4 aromatic rings. The number of aromatic nitrogens is 1. The first-order valence-corrected chi connectivity index (χ1v) is 31.4. The zero-order valence-corrected chi connectivity index (χ0v) is 54.2. The van der Waals surface area contributed by atoms with E-state index in [1.165, 1.54) is 54.7 Å². The second-order valence-electron chi connectivity index (χ2n) is 24.6. The van der Waals surface area contributed by atoms with Crippen LogP contribution in [0, 0.1) is 11.8 Å². The molecule has 11 amide bonds. The summed E-state index contributed by atoms with van der Waals surface area (Å²) in [5.41, 5.74) is 30.1.